The van der Waals surface area contributed by atoms with E-state index in [2.05, 4.69) is 15.7 Å². The number of aromatic nitrogens is 2. The highest BCUT2D eigenvalue weighted by Crippen LogP contribution is 2.27. The van der Waals surface area contributed by atoms with Gasteiger partial charge in [0.15, 0.2) is 0 Å². The monoisotopic (exact) mass is 413 g/mol. The first-order chi connectivity index (χ1) is 14.1. The Morgan fingerprint density at radius 3 is 2.62 bits per heavy atom. The molecule has 0 atom stereocenters. The van der Waals surface area contributed by atoms with Crippen molar-refractivity contribution in [2.24, 2.45) is 0 Å². The molecule has 0 radical (unpaired) electrons. The van der Waals surface area contributed by atoms with Gasteiger partial charge in [0.2, 0.25) is 0 Å². The number of benzene rings is 1. The van der Waals surface area contributed by atoms with Crippen molar-refractivity contribution in [1.29, 1.82) is 0 Å². The normalized spacial score (nSPS) is 14.6. The minimum Gasteiger partial charge on any atom is -0.472 e. The van der Waals surface area contributed by atoms with Gasteiger partial charge in [-0.05, 0) is 31.0 Å². The van der Waals surface area contributed by atoms with Crippen LogP contribution < -0.4 is 10.6 Å². The van der Waals surface area contributed by atoms with Crippen LogP contribution >= 0.6 is 11.6 Å². The minimum absolute atomic E-state index is 0.0323. The van der Waals surface area contributed by atoms with E-state index in [1.807, 2.05) is 4.90 Å². The molecule has 2 N–H and O–H groups in total. The molecule has 9 heteroatoms. The number of hydrogen-bond donors (Lipinski definition) is 2. The lowest BCUT2D eigenvalue weighted by atomic mass is 10.0. The summed E-state index contributed by atoms with van der Waals surface area (Å²) in [4.78, 5) is 26.6. The fourth-order valence-electron chi connectivity index (χ4n) is 3.42. The second-order valence-corrected chi connectivity index (χ2v) is 7.16. The second kappa shape index (κ2) is 8.40. The lowest BCUT2D eigenvalue weighted by molar-refractivity contribution is 0.0690. The van der Waals surface area contributed by atoms with Crippen LogP contribution in [0.1, 0.15) is 29.2 Å². The Kier molecular flexibility index (Phi) is 5.53. The van der Waals surface area contributed by atoms with Crippen LogP contribution in [0.5, 0.6) is 0 Å². The first-order valence-corrected chi connectivity index (χ1v) is 9.67. The van der Waals surface area contributed by atoms with Crippen LogP contribution in [0.2, 0.25) is 5.02 Å². The number of carbonyl (C=O) groups excluding carboxylic acids is 2. The van der Waals surface area contributed by atoms with Crippen molar-refractivity contribution in [2.75, 3.05) is 23.7 Å². The summed E-state index contributed by atoms with van der Waals surface area (Å²) in [6, 6.07) is 10.1. The van der Waals surface area contributed by atoms with E-state index in [1.54, 1.807) is 47.3 Å². The molecule has 1 saturated heterocycles. The largest absolute Gasteiger partial charge is 0.472 e. The molecule has 1 aliphatic heterocycles. The zero-order chi connectivity index (χ0) is 20.2. The summed E-state index contributed by atoms with van der Waals surface area (Å²) in [7, 11) is 0. The van der Waals surface area contributed by atoms with Gasteiger partial charge in [0.05, 0.1) is 34.8 Å². The Morgan fingerprint density at radius 2 is 1.90 bits per heavy atom. The fourth-order valence-corrected chi connectivity index (χ4v) is 3.60. The molecule has 2 aromatic heterocycles. The maximum Gasteiger partial charge on any atom is 0.324 e. The van der Waals surface area contributed by atoms with Crippen molar-refractivity contribution in [3.05, 3.63) is 65.7 Å². The molecule has 0 unspecified atom stereocenters. The van der Waals surface area contributed by atoms with Crippen LogP contribution in [0.15, 0.2) is 59.5 Å². The van der Waals surface area contributed by atoms with E-state index in [0.717, 1.165) is 12.8 Å². The smallest absolute Gasteiger partial charge is 0.324 e. The molecule has 1 aromatic carbocycles. The molecule has 29 heavy (non-hydrogen) atoms. The predicted octanol–water partition coefficient (Wildman–Crippen LogP) is 4.25. The summed E-state index contributed by atoms with van der Waals surface area (Å²) < 4.78 is 6.79. The van der Waals surface area contributed by atoms with E-state index in [4.69, 9.17) is 16.0 Å². The Morgan fingerprint density at radius 1 is 1.10 bits per heavy atom. The maximum atomic E-state index is 12.4. The Hall–Kier alpha value is -3.26. The number of carbonyl (C=O) groups is 2. The SMILES string of the molecule is O=C(Nc1ccccc1Cl)Nc1ccnn1C1CCN(C(=O)c2ccoc2)CC1. The van der Waals surface area contributed by atoms with Crippen LogP contribution in [0.3, 0.4) is 0 Å². The molecule has 0 saturated carbocycles. The third-order valence-electron chi connectivity index (χ3n) is 4.90. The van der Waals surface area contributed by atoms with Crippen molar-refractivity contribution >= 4 is 35.0 Å². The highest BCUT2D eigenvalue weighted by molar-refractivity contribution is 6.33. The van der Waals surface area contributed by atoms with Gasteiger partial charge in [-0.3, -0.25) is 10.1 Å². The van der Waals surface area contributed by atoms with Gasteiger partial charge in [-0.15, -0.1) is 0 Å². The predicted molar refractivity (Wildman–Crippen MR) is 109 cm³/mol. The lowest BCUT2D eigenvalue weighted by Crippen LogP contribution is -2.39. The van der Waals surface area contributed by atoms with Crippen LogP contribution in [0, 0.1) is 0 Å². The summed E-state index contributed by atoms with van der Waals surface area (Å²) in [5.41, 5.74) is 1.09. The van der Waals surface area contributed by atoms with Gasteiger partial charge in [0.1, 0.15) is 12.1 Å². The number of furan rings is 1. The summed E-state index contributed by atoms with van der Waals surface area (Å²) in [6.07, 6.45) is 6.09. The number of likely N-dealkylation sites (tertiary alicyclic amines) is 1. The Labute approximate surface area is 172 Å². The highest BCUT2D eigenvalue weighted by Gasteiger charge is 2.26. The number of nitrogens with one attached hydrogen (secondary N) is 2. The van der Waals surface area contributed by atoms with E-state index in [9.17, 15) is 9.59 Å². The molecule has 0 aliphatic carbocycles. The van der Waals surface area contributed by atoms with E-state index < -0.39 is 6.03 Å². The van der Waals surface area contributed by atoms with Crippen LogP contribution in [0.4, 0.5) is 16.3 Å². The molecular formula is C20H20ClN5O3. The number of anilines is 2. The van der Waals surface area contributed by atoms with Crippen LogP contribution in [-0.4, -0.2) is 39.7 Å². The molecule has 3 amide bonds. The van der Waals surface area contributed by atoms with Gasteiger partial charge in [-0.25, -0.2) is 9.48 Å². The van der Waals surface area contributed by atoms with Crippen molar-refractivity contribution in [2.45, 2.75) is 18.9 Å². The Balaban J connectivity index is 1.36. The zero-order valence-electron chi connectivity index (χ0n) is 15.5. The zero-order valence-corrected chi connectivity index (χ0v) is 16.3. The van der Waals surface area contributed by atoms with Crippen molar-refractivity contribution < 1.29 is 14.0 Å². The topological polar surface area (TPSA) is 92.4 Å². The third-order valence-corrected chi connectivity index (χ3v) is 5.23. The molecule has 1 aliphatic rings. The van der Waals surface area contributed by atoms with Crippen molar-refractivity contribution in [3.63, 3.8) is 0 Å². The number of piperidine rings is 1. The number of para-hydroxylation sites is 1. The quantitative estimate of drug-likeness (QED) is 0.668. The second-order valence-electron chi connectivity index (χ2n) is 6.76. The van der Waals surface area contributed by atoms with Gasteiger partial charge in [-0.2, -0.15) is 5.10 Å². The molecule has 0 spiro atoms. The minimum atomic E-state index is -0.396. The Bertz CT molecular complexity index is 993. The van der Waals surface area contributed by atoms with Gasteiger partial charge in [0, 0.05) is 19.2 Å². The number of urea groups is 1. The number of rotatable bonds is 4. The number of amides is 3. The first-order valence-electron chi connectivity index (χ1n) is 9.29. The van der Waals surface area contributed by atoms with E-state index in [-0.39, 0.29) is 11.9 Å². The van der Waals surface area contributed by atoms with Gasteiger partial charge in [0.25, 0.3) is 5.91 Å². The van der Waals surface area contributed by atoms with E-state index >= 15 is 0 Å². The molecule has 1 fully saturated rings. The molecule has 4 rings (SSSR count). The molecule has 3 heterocycles. The highest BCUT2D eigenvalue weighted by atomic mass is 35.5. The summed E-state index contributed by atoms with van der Waals surface area (Å²) >= 11 is 6.08. The third kappa shape index (κ3) is 4.27. The van der Waals surface area contributed by atoms with Gasteiger partial charge < -0.3 is 14.6 Å². The summed E-state index contributed by atoms with van der Waals surface area (Å²) in [5, 5.41) is 10.4. The lowest BCUT2D eigenvalue weighted by Gasteiger charge is -2.32. The van der Waals surface area contributed by atoms with Crippen molar-refractivity contribution in [1.82, 2.24) is 14.7 Å². The van der Waals surface area contributed by atoms with Gasteiger partial charge in [-0.1, -0.05) is 23.7 Å². The molecule has 0 bridgehead atoms. The average Bonchev–Trinajstić information content (AvgIpc) is 3.42. The van der Waals surface area contributed by atoms with Gasteiger partial charge >= 0.3 is 6.03 Å². The van der Waals surface area contributed by atoms with Crippen LogP contribution in [-0.2, 0) is 0 Å². The summed E-state index contributed by atoms with van der Waals surface area (Å²) in [6.45, 7) is 1.22. The fraction of sp³-hybridized carbons (Fsp3) is 0.250. The first kappa shape index (κ1) is 19.1. The average molecular weight is 414 g/mol. The summed E-state index contributed by atoms with van der Waals surface area (Å²) in [5.74, 6) is 0.560. The van der Waals surface area contributed by atoms with Crippen LogP contribution in [0.25, 0.3) is 0 Å². The molecule has 3 aromatic rings. The van der Waals surface area contributed by atoms with E-state index in [0.29, 0.717) is 35.2 Å². The standard InChI is InChI=1S/C20H20ClN5O3/c21-16-3-1-2-4-17(16)23-20(28)24-18-5-9-22-26(18)15-6-10-25(11-7-15)19(27)14-8-12-29-13-14/h1-5,8-9,12-13,15H,6-7,10-11H2,(H2,23,24,28). The number of halogens is 1. The molecule has 150 valence electrons. The van der Waals surface area contributed by atoms with E-state index in [1.165, 1.54) is 12.5 Å². The van der Waals surface area contributed by atoms with Crippen molar-refractivity contribution in [3.8, 4) is 0 Å². The number of hydrogen-bond acceptors (Lipinski definition) is 4. The molecular weight excluding hydrogens is 394 g/mol. The maximum absolute atomic E-state index is 12.4. The number of nitrogens with zero attached hydrogens (tertiary/aromatic N) is 3. The molecule has 8 nitrogen and oxygen atoms in total.